The van der Waals surface area contributed by atoms with Crippen LogP contribution in [-0.4, -0.2) is 58.6 Å². The van der Waals surface area contributed by atoms with Crippen LogP contribution >= 0.6 is 0 Å². The van der Waals surface area contributed by atoms with E-state index in [1.807, 2.05) is 12.1 Å². The molecular formula is C20H22N4O3. The molecule has 0 radical (unpaired) electrons. The Morgan fingerprint density at radius 2 is 1.48 bits per heavy atom. The summed E-state index contributed by atoms with van der Waals surface area (Å²) < 4.78 is 0. The van der Waals surface area contributed by atoms with E-state index < -0.39 is 0 Å². The molecule has 2 aromatic rings. The van der Waals surface area contributed by atoms with Crippen molar-refractivity contribution in [1.29, 1.82) is 0 Å². The predicted molar refractivity (Wildman–Crippen MR) is 102 cm³/mol. The Hall–Kier alpha value is -3.22. The van der Waals surface area contributed by atoms with Crippen molar-refractivity contribution in [3.8, 4) is 0 Å². The van der Waals surface area contributed by atoms with Crippen molar-refractivity contribution in [2.24, 2.45) is 0 Å². The Balaban J connectivity index is 1.67. The van der Waals surface area contributed by atoms with Crippen molar-refractivity contribution in [1.82, 2.24) is 14.8 Å². The third-order valence-corrected chi connectivity index (χ3v) is 4.58. The molecule has 1 N–H and O–H groups in total. The quantitative estimate of drug-likeness (QED) is 0.840. The lowest BCUT2D eigenvalue weighted by atomic mass is 10.1. The number of benzene rings is 1. The second kappa shape index (κ2) is 7.99. The molecule has 1 aromatic heterocycles. The lowest BCUT2D eigenvalue weighted by Gasteiger charge is -2.34. The number of ketones is 1. The van der Waals surface area contributed by atoms with Crippen LogP contribution in [0.2, 0.25) is 0 Å². The van der Waals surface area contributed by atoms with Gasteiger partial charge in [-0.05, 0) is 37.3 Å². The number of Topliss-reactive ketones (excluding diaryl/α,β-unsaturated/α-hetero) is 1. The Labute approximate surface area is 158 Å². The van der Waals surface area contributed by atoms with E-state index in [1.165, 1.54) is 6.92 Å². The number of carbonyl (C=O) groups is 3. The number of pyridine rings is 1. The molecule has 7 nitrogen and oxygen atoms in total. The summed E-state index contributed by atoms with van der Waals surface area (Å²) in [4.78, 5) is 43.1. The van der Waals surface area contributed by atoms with Crippen molar-refractivity contribution >= 4 is 29.0 Å². The van der Waals surface area contributed by atoms with Gasteiger partial charge in [0.25, 0.3) is 5.91 Å². The first-order valence-corrected chi connectivity index (χ1v) is 8.82. The Morgan fingerprint density at radius 3 is 2.07 bits per heavy atom. The van der Waals surface area contributed by atoms with E-state index >= 15 is 0 Å². The zero-order valence-corrected chi connectivity index (χ0v) is 15.4. The number of anilines is 2. The van der Waals surface area contributed by atoms with Crippen molar-refractivity contribution in [3.05, 3.63) is 53.9 Å². The molecule has 7 heteroatoms. The molecule has 0 unspecified atom stereocenters. The monoisotopic (exact) mass is 366 g/mol. The molecule has 0 saturated carbocycles. The van der Waals surface area contributed by atoms with Gasteiger partial charge in [0.05, 0.1) is 17.4 Å². The van der Waals surface area contributed by atoms with Gasteiger partial charge in [-0.15, -0.1) is 0 Å². The molecule has 1 aliphatic heterocycles. The van der Waals surface area contributed by atoms with Crippen LogP contribution < -0.4 is 5.32 Å². The lowest BCUT2D eigenvalue weighted by molar-refractivity contribution is -0.130. The highest BCUT2D eigenvalue weighted by Crippen LogP contribution is 2.19. The zero-order chi connectivity index (χ0) is 19.4. The van der Waals surface area contributed by atoms with Gasteiger partial charge >= 0.3 is 0 Å². The summed E-state index contributed by atoms with van der Waals surface area (Å²) in [5, 5.41) is 3.19. The highest BCUT2D eigenvalue weighted by Gasteiger charge is 2.23. The first kappa shape index (κ1) is 18.6. The Kier molecular flexibility index (Phi) is 5.49. The van der Waals surface area contributed by atoms with Crippen LogP contribution in [-0.2, 0) is 4.79 Å². The van der Waals surface area contributed by atoms with Crippen molar-refractivity contribution < 1.29 is 14.4 Å². The summed E-state index contributed by atoms with van der Waals surface area (Å²) in [6.07, 6.45) is 3.19. The molecule has 0 spiro atoms. The van der Waals surface area contributed by atoms with Gasteiger partial charge in [-0.1, -0.05) is 0 Å². The smallest absolute Gasteiger partial charge is 0.255 e. The third kappa shape index (κ3) is 4.49. The Morgan fingerprint density at radius 1 is 0.852 bits per heavy atom. The second-order valence-corrected chi connectivity index (χ2v) is 6.52. The summed E-state index contributed by atoms with van der Waals surface area (Å²) in [6.45, 7) is 5.20. The lowest BCUT2D eigenvalue weighted by Crippen LogP contribution is -2.50. The largest absolute Gasteiger partial charge is 0.354 e. The molecule has 2 amide bonds. The first-order chi connectivity index (χ1) is 12.9. The predicted octanol–water partition coefficient (Wildman–Crippen LogP) is 2.33. The Bertz CT molecular complexity index is 856. The van der Waals surface area contributed by atoms with Crippen LogP contribution in [0.4, 0.5) is 11.4 Å². The van der Waals surface area contributed by atoms with Gasteiger partial charge in [-0.2, -0.15) is 0 Å². The molecular weight excluding hydrogens is 344 g/mol. The summed E-state index contributed by atoms with van der Waals surface area (Å²) in [7, 11) is 0. The number of rotatable bonds is 4. The van der Waals surface area contributed by atoms with Gasteiger partial charge in [-0.3, -0.25) is 19.4 Å². The van der Waals surface area contributed by atoms with Gasteiger partial charge in [-0.25, -0.2) is 0 Å². The van der Waals surface area contributed by atoms with E-state index in [0.29, 0.717) is 43.0 Å². The summed E-state index contributed by atoms with van der Waals surface area (Å²) in [6, 6.07) is 8.88. The van der Waals surface area contributed by atoms with Crippen LogP contribution in [0.15, 0.2) is 42.7 Å². The number of hydrogen-bond donors (Lipinski definition) is 1. The maximum Gasteiger partial charge on any atom is 0.255 e. The van der Waals surface area contributed by atoms with Crippen LogP contribution in [0.1, 0.15) is 34.6 Å². The molecule has 3 rings (SSSR count). The number of nitrogens with one attached hydrogen (secondary N) is 1. The van der Waals surface area contributed by atoms with E-state index in [4.69, 9.17) is 0 Å². The van der Waals surface area contributed by atoms with E-state index in [2.05, 4.69) is 10.3 Å². The zero-order valence-electron chi connectivity index (χ0n) is 15.4. The average molecular weight is 366 g/mol. The molecule has 1 aromatic carbocycles. The first-order valence-electron chi connectivity index (χ1n) is 8.82. The van der Waals surface area contributed by atoms with Crippen LogP contribution in [0.3, 0.4) is 0 Å². The second-order valence-electron chi connectivity index (χ2n) is 6.52. The maximum atomic E-state index is 12.7. The van der Waals surface area contributed by atoms with E-state index in [-0.39, 0.29) is 17.6 Å². The highest BCUT2D eigenvalue weighted by molar-refractivity contribution is 5.95. The van der Waals surface area contributed by atoms with Gasteiger partial charge in [0.1, 0.15) is 0 Å². The number of amides is 2. The molecule has 1 aliphatic rings. The van der Waals surface area contributed by atoms with Gasteiger partial charge in [0.2, 0.25) is 5.91 Å². The molecule has 140 valence electrons. The highest BCUT2D eigenvalue weighted by atomic mass is 16.2. The fourth-order valence-corrected chi connectivity index (χ4v) is 2.99. The van der Waals surface area contributed by atoms with E-state index in [9.17, 15) is 14.4 Å². The van der Waals surface area contributed by atoms with Crippen molar-refractivity contribution in [3.63, 3.8) is 0 Å². The molecule has 0 atom stereocenters. The number of piperazine rings is 1. The van der Waals surface area contributed by atoms with Gasteiger partial charge in [0.15, 0.2) is 5.78 Å². The summed E-state index contributed by atoms with van der Waals surface area (Å²) in [5.74, 6) is -0.0484. The van der Waals surface area contributed by atoms with E-state index in [1.54, 1.807) is 47.3 Å². The van der Waals surface area contributed by atoms with Gasteiger partial charge in [0, 0.05) is 50.6 Å². The number of aromatic nitrogens is 1. The van der Waals surface area contributed by atoms with Crippen molar-refractivity contribution in [2.75, 3.05) is 31.5 Å². The molecule has 2 heterocycles. The van der Waals surface area contributed by atoms with Gasteiger partial charge < -0.3 is 15.1 Å². The minimum atomic E-state index is -0.0960. The standard InChI is InChI=1S/C20H22N4O3/c1-14(25)16-3-5-18(6-4-16)22-19-11-17(12-21-13-19)20(27)24-9-7-23(8-10-24)15(2)26/h3-6,11-13,22H,7-10H2,1-2H3. The van der Waals surface area contributed by atoms with E-state index in [0.717, 1.165) is 5.69 Å². The normalized spacial score (nSPS) is 14.0. The van der Waals surface area contributed by atoms with Crippen LogP contribution in [0.25, 0.3) is 0 Å². The van der Waals surface area contributed by atoms with Crippen LogP contribution in [0.5, 0.6) is 0 Å². The fourth-order valence-electron chi connectivity index (χ4n) is 2.99. The number of nitrogens with zero attached hydrogens (tertiary/aromatic N) is 3. The fraction of sp³-hybridized carbons (Fsp3) is 0.300. The molecule has 0 aliphatic carbocycles. The molecule has 1 fully saturated rings. The minimum absolute atomic E-state index is 0.0145. The van der Waals surface area contributed by atoms with Crippen LogP contribution in [0, 0.1) is 0 Å². The number of hydrogen-bond acceptors (Lipinski definition) is 5. The summed E-state index contributed by atoms with van der Waals surface area (Å²) in [5.41, 5.74) is 2.64. The minimum Gasteiger partial charge on any atom is -0.354 e. The average Bonchev–Trinajstić information content (AvgIpc) is 2.68. The maximum absolute atomic E-state index is 12.7. The van der Waals surface area contributed by atoms with Crippen molar-refractivity contribution in [2.45, 2.75) is 13.8 Å². The molecule has 0 bridgehead atoms. The third-order valence-electron chi connectivity index (χ3n) is 4.58. The molecule has 27 heavy (non-hydrogen) atoms. The summed E-state index contributed by atoms with van der Waals surface area (Å²) >= 11 is 0. The topological polar surface area (TPSA) is 82.6 Å². The SMILES string of the molecule is CC(=O)c1ccc(Nc2cncc(C(=O)N3CCN(C(C)=O)CC3)c2)cc1. The number of carbonyl (C=O) groups excluding carboxylic acids is 3. The molecule has 1 saturated heterocycles.